The van der Waals surface area contributed by atoms with Gasteiger partial charge in [0.25, 0.3) is 11.8 Å². The summed E-state index contributed by atoms with van der Waals surface area (Å²) in [5.41, 5.74) is 3.31. The number of hydrogen-bond donors (Lipinski definition) is 1. The number of thiocarbonyl (C=S) groups is 1. The molecule has 1 aliphatic heterocycles. The summed E-state index contributed by atoms with van der Waals surface area (Å²) in [6.07, 6.45) is 1.54. The molecule has 1 fully saturated rings. The predicted octanol–water partition coefficient (Wildman–Crippen LogP) is 5.08. The van der Waals surface area contributed by atoms with Gasteiger partial charge in [0.2, 0.25) is 0 Å². The molecular weight excluding hydrogens is 420 g/mol. The highest BCUT2D eigenvalue weighted by molar-refractivity contribution is 7.80. The van der Waals surface area contributed by atoms with Crippen LogP contribution in [0.15, 0.2) is 60.2 Å². The number of rotatable bonds is 4. The average Bonchev–Trinajstić information content (AvgIpc) is 2.71. The van der Waals surface area contributed by atoms with E-state index in [-0.39, 0.29) is 16.8 Å². The standard InChI is InChI=1S/C26H24N2O3S/c1-15(2)31-23-10-9-18-7-5-6-8-20(18)21(23)14-22-24(29)27-26(32)28(25(22)30)19-12-16(3)11-17(4)13-19/h5-15H,1-4H3,(H,27,29,32)/b22-14+. The molecule has 0 radical (unpaired) electrons. The highest BCUT2D eigenvalue weighted by atomic mass is 32.1. The van der Waals surface area contributed by atoms with E-state index in [9.17, 15) is 9.59 Å². The van der Waals surface area contributed by atoms with E-state index in [0.717, 1.165) is 21.9 Å². The van der Waals surface area contributed by atoms with Crippen molar-refractivity contribution < 1.29 is 14.3 Å². The van der Waals surface area contributed by atoms with Crippen molar-refractivity contribution in [1.29, 1.82) is 0 Å². The first-order chi connectivity index (χ1) is 15.2. The molecule has 32 heavy (non-hydrogen) atoms. The molecule has 3 aromatic rings. The van der Waals surface area contributed by atoms with Crippen LogP contribution in [-0.4, -0.2) is 23.0 Å². The number of benzene rings is 3. The number of amides is 2. The number of anilines is 1. The van der Waals surface area contributed by atoms with E-state index in [1.165, 1.54) is 4.90 Å². The fourth-order valence-electron chi connectivity index (χ4n) is 3.90. The summed E-state index contributed by atoms with van der Waals surface area (Å²) in [6, 6.07) is 17.4. The van der Waals surface area contributed by atoms with Crippen molar-refractivity contribution >= 4 is 51.7 Å². The molecule has 1 aliphatic rings. The maximum absolute atomic E-state index is 13.5. The molecule has 0 saturated carbocycles. The van der Waals surface area contributed by atoms with E-state index >= 15 is 0 Å². The maximum atomic E-state index is 13.5. The Kier molecular flexibility index (Phi) is 5.80. The summed E-state index contributed by atoms with van der Waals surface area (Å²) >= 11 is 5.35. The molecule has 0 atom stereocenters. The average molecular weight is 445 g/mol. The number of aryl methyl sites for hydroxylation is 2. The fourth-order valence-corrected chi connectivity index (χ4v) is 4.18. The second-order valence-corrected chi connectivity index (χ2v) is 8.56. The molecule has 6 heteroatoms. The van der Waals surface area contributed by atoms with Crippen LogP contribution >= 0.6 is 12.2 Å². The van der Waals surface area contributed by atoms with Crippen molar-refractivity contribution in [2.24, 2.45) is 0 Å². The highest BCUT2D eigenvalue weighted by Crippen LogP contribution is 2.32. The summed E-state index contributed by atoms with van der Waals surface area (Å²) in [5.74, 6) is -0.380. The van der Waals surface area contributed by atoms with Gasteiger partial charge in [-0.1, -0.05) is 36.4 Å². The fraction of sp³-hybridized carbons (Fsp3) is 0.192. The molecule has 5 nitrogen and oxygen atoms in total. The van der Waals surface area contributed by atoms with Gasteiger partial charge in [-0.2, -0.15) is 0 Å². The summed E-state index contributed by atoms with van der Waals surface area (Å²) in [7, 11) is 0. The zero-order chi connectivity index (χ0) is 23.0. The molecule has 162 valence electrons. The number of nitrogens with one attached hydrogen (secondary N) is 1. The SMILES string of the molecule is Cc1cc(C)cc(N2C(=O)/C(=C/c3c(OC(C)C)ccc4ccccc34)C(=O)NC2=S)c1. The van der Waals surface area contributed by atoms with Crippen molar-refractivity contribution in [3.8, 4) is 5.75 Å². The third-order valence-electron chi connectivity index (χ3n) is 5.15. The summed E-state index contributed by atoms with van der Waals surface area (Å²) in [5, 5.41) is 4.61. The number of fused-ring (bicyclic) bond motifs is 1. The molecule has 1 heterocycles. The van der Waals surface area contributed by atoms with Crippen molar-refractivity contribution in [3.05, 3.63) is 76.9 Å². The van der Waals surface area contributed by atoms with E-state index in [1.54, 1.807) is 6.08 Å². The van der Waals surface area contributed by atoms with Gasteiger partial charge in [-0.05, 0) is 86.1 Å². The lowest BCUT2D eigenvalue weighted by Crippen LogP contribution is -2.54. The lowest BCUT2D eigenvalue weighted by molar-refractivity contribution is -0.122. The van der Waals surface area contributed by atoms with Crippen LogP contribution in [0.25, 0.3) is 16.8 Å². The van der Waals surface area contributed by atoms with Gasteiger partial charge in [-0.15, -0.1) is 0 Å². The molecule has 3 aromatic carbocycles. The van der Waals surface area contributed by atoms with Crippen LogP contribution in [0.1, 0.15) is 30.5 Å². The Morgan fingerprint density at radius 1 is 1.00 bits per heavy atom. The van der Waals surface area contributed by atoms with E-state index in [4.69, 9.17) is 17.0 Å². The van der Waals surface area contributed by atoms with Gasteiger partial charge >= 0.3 is 0 Å². The van der Waals surface area contributed by atoms with Crippen LogP contribution in [0.3, 0.4) is 0 Å². The van der Waals surface area contributed by atoms with Gasteiger partial charge in [0.1, 0.15) is 11.3 Å². The minimum atomic E-state index is -0.524. The van der Waals surface area contributed by atoms with E-state index in [0.29, 0.717) is 17.0 Å². The molecule has 0 aromatic heterocycles. The van der Waals surface area contributed by atoms with Crippen molar-refractivity contribution in [2.75, 3.05) is 4.90 Å². The third kappa shape index (κ3) is 4.14. The lowest BCUT2D eigenvalue weighted by atomic mass is 9.99. The first-order valence-corrected chi connectivity index (χ1v) is 10.8. The number of carbonyl (C=O) groups is 2. The summed E-state index contributed by atoms with van der Waals surface area (Å²) in [4.78, 5) is 27.7. The second kappa shape index (κ2) is 8.55. The van der Waals surface area contributed by atoms with Crippen molar-refractivity contribution in [3.63, 3.8) is 0 Å². The molecule has 0 unspecified atom stereocenters. The maximum Gasteiger partial charge on any atom is 0.270 e. The Labute approximate surface area is 192 Å². The van der Waals surface area contributed by atoms with Crippen LogP contribution in [0.4, 0.5) is 5.69 Å². The number of nitrogens with zero attached hydrogens (tertiary/aromatic N) is 1. The first-order valence-electron chi connectivity index (χ1n) is 10.4. The molecule has 1 saturated heterocycles. The predicted molar refractivity (Wildman–Crippen MR) is 132 cm³/mol. The molecule has 2 amide bonds. The number of carbonyl (C=O) groups excluding carboxylic acids is 2. The Hall–Kier alpha value is -3.51. The minimum Gasteiger partial charge on any atom is -0.490 e. The second-order valence-electron chi connectivity index (χ2n) is 8.17. The largest absolute Gasteiger partial charge is 0.490 e. The quantitative estimate of drug-likeness (QED) is 0.347. The molecule has 0 aliphatic carbocycles. The van der Waals surface area contributed by atoms with Crippen LogP contribution < -0.4 is 15.0 Å². The van der Waals surface area contributed by atoms with Gasteiger partial charge in [0, 0.05) is 5.56 Å². The summed E-state index contributed by atoms with van der Waals surface area (Å²) < 4.78 is 6.00. The van der Waals surface area contributed by atoms with E-state index in [1.807, 2.05) is 82.3 Å². The lowest BCUT2D eigenvalue weighted by Gasteiger charge is -2.29. The van der Waals surface area contributed by atoms with Crippen molar-refractivity contribution in [2.45, 2.75) is 33.8 Å². The van der Waals surface area contributed by atoms with Gasteiger partial charge in [-0.25, -0.2) is 0 Å². The van der Waals surface area contributed by atoms with Gasteiger partial charge in [0.15, 0.2) is 5.11 Å². The summed E-state index contributed by atoms with van der Waals surface area (Å²) in [6.45, 7) is 7.78. The van der Waals surface area contributed by atoms with Crippen molar-refractivity contribution in [1.82, 2.24) is 5.32 Å². The number of ether oxygens (including phenoxy) is 1. The van der Waals surface area contributed by atoms with Gasteiger partial charge in [0.05, 0.1) is 11.8 Å². The smallest absolute Gasteiger partial charge is 0.270 e. The molecule has 0 spiro atoms. The zero-order valence-corrected chi connectivity index (χ0v) is 19.2. The molecule has 1 N–H and O–H groups in total. The Morgan fingerprint density at radius 3 is 2.38 bits per heavy atom. The van der Waals surface area contributed by atoms with Crippen LogP contribution in [0, 0.1) is 13.8 Å². The molecular formula is C26H24N2O3S. The Bertz CT molecular complexity index is 1270. The normalized spacial score (nSPS) is 15.6. The van der Waals surface area contributed by atoms with E-state index < -0.39 is 11.8 Å². The Balaban J connectivity index is 1.88. The number of hydrogen-bond acceptors (Lipinski definition) is 4. The first kappa shape index (κ1) is 21.7. The minimum absolute atomic E-state index is 0.00252. The van der Waals surface area contributed by atoms with Crippen LogP contribution in [0.5, 0.6) is 5.75 Å². The molecule has 4 rings (SSSR count). The highest BCUT2D eigenvalue weighted by Gasteiger charge is 2.35. The van der Waals surface area contributed by atoms with Crippen LogP contribution in [0.2, 0.25) is 0 Å². The Morgan fingerprint density at radius 2 is 1.69 bits per heavy atom. The van der Waals surface area contributed by atoms with Crippen LogP contribution in [-0.2, 0) is 9.59 Å². The zero-order valence-electron chi connectivity index (χ0n) is 18.4. The third-order valence-corrected chi connectivity index (χ3v) is 5.43. The van der Waals surface area contributed by atoms with E-state index in [2.05, 4.69) is 5.32 Å². The monoisotopic (exact) mass is 444 g/mol. The van der Waals surface area contributed by atoms with Gasteiger partial charge < -0.3 is 4.74 Å². The molecule has 0 bridgehead atoms. The topological polar surface area (TPSA) is 58.6 Å². The van der Waals surface area contributed by atoms with Gasteiger partial charge in [-0.3, -0.25) is 19.8 Å².